The Labute approximate surface area is 113 Å². The molecule has 100 valence electrons. The Morgan fingerprint density at radius 3 is 2.89 bits per heavy atom. The predicted molar refractivity (Wildman–Crippen MR) is 75.1 cm³/mol. The first-order chi connectivity index (χ1) is 9.34. The summed E-state index contributed by atoms with van der Waals surface area (Å²) < 4.78 is 2.29. The topological polar surface area (TPSA) is 42.7 Å². The Morgan fingerprint density at radius 2 is 2.11 bits per heavy atom. The van der Waals surface area contributed by atoms with Crippen LogP contribution in [0.25, 0.3) is 0 Å². The van der Waals surface area contributed by atoms with Crippen LogP contribution in [0.5, 0.6) is 0 Å². The number of nitrogens with zero attached hydrogens (tertiary/aromatic N) is 3. The van der Waals surface area contributed by atoms with Crippen LogP contribution < -0.4 is 5.32 Å². The van der Waals surface area contributed by atoms with Gasteiger partial charge in [0.05, 0.1) is 6.33 Å². The minimum atomic E-state index is 0.644. The Bertz CT molecular complexity index is 541. The summed E-state index contributed by atoms with van der Waals surface area (Å²) >= 11 is 0. The molecule has 19 heavy (non-hydrogen) atoms. The first kappa shape index (κ1) is 12.4. The van der Waals surface area contributed by atoms with Crippen molar-refractivity contribution >= 4 is 0 Å². The number of nitrogens with one attached hydrogen (secondary N) is 1. The molecule has 1 fully saturated rings. The number of hydrogen-bond donors (Lipinski definition) is 1. The van der Waals surface area contributed by atoms with E-state index < -0.39 is 0 Å². The maximum absolute atomic E-state index is 4.35. The second kappa shape index (κ2) is 5.53. The fourth-order valence-corrected chi connectivity index (χ4v) is 2.78. The number of aromatic nitrogens is 3. The summed E-state index contributed by atoms with van der Waals surface area (Å²) in [5.74, 6) is 0.644. The molecule has 0 radical (unpaired) electrons. The lowest BCUT2D eigenvalue weighted by molar-refractivity contribution is 0.442. The average molecular weight is 256 g/mol. The monoisotopic (exact) mass is 256 g/mol. The van der Waals surface area contributed by atoms with Crippen LogP contribution in [0.1, 0.15) is 35.6 Å². The summed E-state index contributed by atoms with van der Waals surface area (Å²) in [6, 6.07) is 2.10. The molecule has 3 heterocycles. The third kappa shape index (κ3) is 2.68. The molecule has 1 N–H and O–H groups in total. The molecule has 4 heteroatoms. The second-order valence-electron chi connectivity index (χ2n) is 5.27. The van der Waals surface area contributed by atoms with Gasteiger partial charge in [-0.1, -0.05) is 0 Å². The first-order valence-electron chi connectivity index (χ1n) is 6.95. The number of rotatable bonds is 3. The number of pyridine rings is 1. The molecule has 0 bridgehead atoms. The third-order valence-electron chi connectivity index (χ3n) is 3.98. The van der Waals surface area contributed by atoms with Crippen LogP contribution >= 0.6 is 0 Å². The van der Waals surface area contributed by atoms with Gasteiger partial charge in [-0.25, -0.2) is 4.98 Å². The highest BCUT2D eigenvalue weighted by atomic mass is 15.0. The van der Waals surface area contributed by atoms with E-state index in [2.05, 4.69) is 32.8 Å². The SMILES string of the molecule is Cc1cnccc1Cn1cncc1C1CCNCC1. The van der Waals surface area contributed by atoms with Gasteiger partial charge in [-0.2, -0.15) is 0 Å². The van der Waals surface area contributed by atoms with Crippen LogP contribution in [0.15, 0.2) is 31.0 Å². The molecule has 1 aliphatic rings. The van der Waals surface area contributed by atoms with Crippen molar-refractivity contribution in [3.8, 4) is 0 Å². The van der Waals surface area contributed by atoms with E-state index in [1.54, 1.807) is 0 Å². The molecule has 0 unspecified atom stereocenters. The Balaban J connectivity index is 1.82. The van der Waals surface area contributed by atoms with E-state index in [1.165, 1.54) is 29.7 Å². The van der Waals surface area contributed by atoms with E-state index in [0.717, 1.165) is 19.6 Å². The fraction of sp³-hybridized carbons (Fsp3) is 0.467. The molecule has 0 atom stereocenters. The summed E-state index contributed by atoms with van der Waals surface area (Å²) in [7, 11) is 0. The van der Waals surface area contributed by atoms with Crippen LogP contribution in [0.4, 0.5) is 0 Å². The average Bonchev–Trinajstić information content (AvgIpc) is 2.91. The quantitative estimate of drug-likeness (QED) is 0.914. The maximum atomic E-state index is 4.35. The summed E-state index contributed by atoms with van der Waals surface area (Å²) in [5.41, 5.74) is 3.94. The van der Waals surface area contributed by atoms with Crippen molar-refractivity contribution in [2.45, 2.75) is 32.2 Å². The van der Waals surface area contributed by atoms with Gasteiger partial charge < -0.3 is 9.88 Å². The largest absolute Gasteiger partial charge is 0.330 e. The van der Waals surface area contributed by atoms with Gasteiger partial charge in [0.1, 0.15) is 0 Å². The van der Waals surface area contributed by atoms with Crippen molar-refractivity contribution in [3.63, 3.8) is 0 Å². The lowest BCUT2D eigenvalue weighted by atomic mass is 9.95. The van der Waals surface area contributed by atoms with Crippen LogP contribution in [-0.4, -0.2) is 27.6 Å². The maximum Gasteiger partial charge on any atom is 0.0951 e. The Morgan fingerprint density at radius 1 is 1.26 bits per heavy atom. The number of imidazole rings is 1. The van der Waals surface area contributed by atoms with Crippen molar-refractivity contribution < 1.29 is 0 Å². The van der Waals surface area contributed by atoms with Crippen LogP contribution in [0.3, 0.4) is 0 Å². The predicted octanol–water partition coefficient (Wildman–Crippen LogP) is 2.10. The smallest absolute Gasteiger partial charge is 0.0951 e. The zero-order valence-electron chi connectivity index (χ0n) is 11.3. The fourth-order valence-electron chi connectivity index (χ4n) is 2.78. The number of hydrogen-bond acceptors (Lipinski definition) is 3. The number of aryl methyl sites for hydroxylation is 1. The highest BCUT2D eigenvalue weighted by Gasteiger charge is 2.18. The summed E-state index contributed by atoms with van der Waals surface area (Å²) in [4.78, 5) is 8.50. The Hall–Kier alpha value is -1.68. The van der Waals surface area contributed by atoms with Crippen molar-refractivity contribution in [1.82, 2.24) is 19.9 Å². The second-order valence-corrected chi connectivity index (χ2v) is 5.27. The van der Waals surface area contributed by atoms with Gasteiger partial charge in [-0.3, -0.25) is 4.98 Å². The van der Waals surface area contributed by atoms with Crippen molar-refractivity contribution in [2.24, 2.45) is 0 Å². The highest BCUT2D eigenvalue weighted by molar-refractivity contribution is 5.23. The molecule has 0 amide bonds. The van der Waals surface area contributed by atoms with Crippen LogP contribution in [0, 0.1) is 6.92 Å². The minimum Gasteiger partial charge on any atom is -0.330 e. The van der Waals surface area contributed by atoms with Crippen molar-refractivity contribution in [1.29, 1.82) is 0 Å². The van der Waals surface area contributed by atoms with E-state index in [1.807, 2.05) is 24.9 Å². The summed E-state index contributed by atoms with van der Waals surface area (Å²) in [5, 5.41) is 3.42. The van der Waals surface area contributed by atoms with Gasteiger partial charge in [-0.05, 0) is 50.0 Å². The van der Waals surface area contributed by atoms with Gasteiger partial charge in [0.25, 0.3) is 0 Å². The van der Waals surface area contributed by atoms with Gasteiger partial charge >= 0.3 is 0 Å². The molecule has 0 spiro atoms. The van der Waals surface area contributed by atoms with Gasteiger partial charge in [0.15, 0.2) is 0 Å². The molecular formula is C15H20N4. The molecule has 0 aliphatic carbocycles. The minimum absolute atomic E-state index is 0.644. The zero-order valence-corrected chi connectivity index (χ0v) is 11.3. The van der Waals surface area contributed by atoms with Crippen LogP contribution in [0.2, 0.25) is 0 Å². The third-order valence-corrected chi connectivity index (χ3v) is 3.98. The van der Waals surface area contributed by atoms with Crippen molar-refractivity contribution in [2.75, 3.05) is 13.1 Å². The highest BCUT2D eigenvalue weighted by Crippen LogP contribution is 2.25. The molecule has 1 aliphatic heterocycles. The van der Waals surface area contributed by atoms with Gasteiger partial charge in [-0.15, -0.1) is 0 Å². The molecule has 1 saturated heterocycles. The van der Waals surface area contributed by atoms with E-state index >= 15 is 0 Å². The molecule has 2 aromatic rings. The van der Waals surface area contributed by atoms with Gasteiger partial charge in [0, 0.05) is 36.7 Å². The molecule has 0 saturated carbocycles. The summed E-state index contributed by atoms with van der Waals surface area (Å²) in [6.45, 7) is 5.24. The molecule has 4 nitrogen and oxygen atoms in total. The number of piperidine rings is 1. The first-order valence-corrected chi connectivity index (χ1v) is 6.95. The lowest BCUT2D eigenvalue weighted by Gasteiger charge is -2.23. The standard InChI is InChI=1S/C15H20N4/c1-12-8-17-7-4-14(12)10-19-11-18-9-15(19)13-2-5-16-6-3-13/h4,7-9,11,13,16H,2-3,5-6,10H2,1H3. The Kier molecular flexibility index (Phi) is 3.60. The normalized spacial score (nSPS) is 16.7. The van der Waals surface area contributed by atoms with Crippen molar-refractivity contribution in [3.05, 3.63) is 47.8 Å². The summed E-state index contributed by atoms with van der Waals surface area (Å²) in [6.07, 6.45) is 10.2. The van der Waals surface area contributed by atoms with E-state index in [0.29, 0.717) is 5.92 Å². The lowest BCUT2D eigenvalue weighted by Crippen LogP contribution is -2.27. The van der Waals surface area contributed by atoms with E-state index in [4.69, 9.17) is 0 Å². The van der Waals surface area contributed by atoms with E-state index in [-0.39, 0.29) is 0 Å². The van der Waals surface area contributed by atoms with Gasteiger partial charge in [0.2, 0.25) is 0 Å². The zero-order chi connectivity index (χ0) is 13.1. The molecular weight excluding hydrogens is 236 g/mol. The van der Waals surface area contributed by atoms with Crippen LogP contribution in [-0.2, 0) is 6.54 Å². The molecule has 0 aromatic carbocycles. The molecule has 2 aromatic heterocycles. The van der Waals surface area contributed by atoms with E-state index in [9.17, 15) is 0 Å². The molecule has 3 rings (SSSR count).